The van der Waals surface area contributed by atoms with Gasteiger partial charge in [-0.15, -0.1) is 0 Å². The molecule has 4 heteroatoms. The zero-order chi connectivity index (χ0) is 16.8. The number of carbonyl (C=O) groups is 1. The number of fused-ring (bicyclic) bond motifs is 1. The highest BCUT2D eigenvalue weighted by atomic mass is 19.2. The lowest BCUT2D eigenvalue weighted by Gasteiger charge is -2.18. The summed E-state index contributed by atoms with van der Waals surface area (Å²) in [7, 11) is 0. The molecule has 2 aromatic carbocycles. The van der Waals surface area contributed by atoms with E-state index >= 15 is 0 Å². The van der Waals surface area contributed by atoms with Crippen molar-refractivity contribution in [1.29, 1.82) is 0 Å². The number of aromatic amines is 1. The van der Waals surface area contributed by atoms with Crippen LogP contribution >= 0.6 is 0 Å². The zero-order valence-corrected chi connectivity index (χ0v) is 13.2. The fourth-order valence-corrected chi connectivity index (χ4v) is 2.68. The smallest absolute Gasteiger partial charge is 0.159 e. The molecule has 0 radical (unpaired) electrons. The Morgan fingerprint density at radius 2 is 1.74 bits per heavy atom. The Balaban J connectivity index is 2.25. The lowest BCUT2D eigenvalue weighted by molar-refractivity contribution is 0.112. The van der Waals surface area contributed by atoms with Crippen LogP contribution in [-0.2, 0) is 5.41 Å². The summed E-state index contributed by atoms with van der Waals surface area (Å²) in [5, 5.41) is 0.784. The molecule has 0 unspecified atom stereocenters. The highest BCUT2D eigenvalue weighted by molar-refractivity contribution is 6.04. The van der Waals surface area contributed by atoms with Gasteiger partial charge in [-0.3, -0.25) is 4.79 Å². The summed E-state index contributed by atoms with van der Waals surface area (Å²) in [4.78, 5) is 14.7. The molecule has 0 amide bonds. The third kappa shape index (κ3) is 2.65. The molecule has 0 aliphatic rings. The van der Waals surface area contributed by atoms with Gasteiger partial charge >= 0.3 is 0 Å². The Labute approximate surface area is 133 Å². The number of H-pyrrole nitrogens is 1. The number of hydrogen-bond acceptors (Lipinski definition) is 1. The van der Waals surface area contributed by atoms with Crippen molar-refractivity contribution in [2.24, 2.45) is 0 Å². The van der Waals surface area contributed by atoms with Crippen molar-refractivity contribution in [2.75, 3.05) is 0 Å². The van der Waals surface area contributed by atoms with Gasteiger partial charge in [-0.1, -0.05) is 26.8 Å². The van der Waals surface area contributed by atoms with Gasteiger partial charge in [0, 0.05) is 22.0 Å². The van der Waals surface area contributed by atoms with Gasteiger partial charge in [0.15, 0.2) is 17.9 Å². The average molecular weight is 313 g/mol. The SMILES string of the molecule is CC(C)(C)c1ccc2[nH]c(-c3ccc(F)c(F)c3)c(C=O)c2c1. The van der Waals surface area contributed by atoms with E-state index < -0.39 is 11.6 Å². The van der Waals surface area contributed by atoms with Gasteiger partial charge in [-0.05, 0) is 41.3 Å². The van der Waals surface area contributed by atoms with Crippen molar-refractivity contribution in [3.8, 4) is 11.3 Å². The van der Waals surface area contributed by atoms with Gasteiger partial charge in [0.05, 0.1) is 5.69 Å². The van der Waals surface area contributed by atoms with Crippen LogP contribution in [0.2, 0.25) is 0 Å². The first-order chi connectivity index (χ1) is 10.8. The minimum atomic E-state index is -0.937. The highest BCUT2D eigenvalue weighted by Gasteiger charge is 2.18. The minimum absolute atomic E-state index is 0.0479. The summed E-state index contributed by atoms with van der Waals surface area (Å²) < 4.78 is 26.6. The number of aldehydes is 1. The molecule has 0 saturated heterocycles. The Morgan fingerprint density at radius 1 is 1.00 bits per heavy atom. The van der Waals surface area contributed by atoms with Gasteiger partial charge in [-0.2, -0.15) is 0 Å². The maximum Gasteiger partial charge on any atom is 0.159 e. The summed E-state index contributed by atoms with van der Waals surface area (Å²) in [5.74, 6) is -1.85. The second kappa shape index (κ2) is 5.30. The van der Waals surface area contributed by atoms with Crippen LogP contribution < -0.4 is 0 Å². The average Bonchev–Trinajstić information content (AvgIpc) is 2.86. The second-order valence-electron chi connectivity index (χ2n) is 6.67. The van der Waals surface area contributed by atoms with E-state index in [1.54, 1.807) is 0 Å². The molecule has 1 heterocycles. The molecule has 0 atom stereocenters. The predicted octanol–water partition coefficient (Wildman–Crippen LogP) is 5.22. The van der Waals surface area contributed by atoms with E-state index in [2.05, 4.69) is 25.8 Å². The van der Waals surface area contributed by atoms with Gasteiger partial charge in [0.2, 0.25) is 0 Å². The quantitative estimate of drug-likeness (QED) is 0.646. The third-order valence-electron chi connectivity index (χ3n) is 4.03. The first-order valence-corrected chi connectivity index (χ1v) is 7.38. The molecule has 0 spiro atoms. The molecule has 0 fully saturated rings. The Hall–Kier alpha value is -2.49. The number of benzene rings is 2. The number of halogens is 2. The Bertz CT molecular complexity index is 904. The van der Waals surface area contributed by atoms with Crippen molar-refractivity contribution in [3.63, 3.8) is 0 Å². The Morgan fingerprint density at radius 3 is 2.35 bits per heavy atom. The predicted molar refractivity (Wildman–Crippen MR) is 87.7 cm³/mol. The number of nitrogens with one attached hydrogen (secondary N) is 1. The molecular formula is C19H17F2NO. The molecule has 118 valence electrons. The van der Waals surface area contributed by atoms with Crippen LogP contribution in [0.1, 0.15) is 36.7 Å². The third-order valence-corrected chi connectivity index (χ3v) is 4.03. The van der Waals surface area contributed by atoms with Crippen LogP contribution in [0.25, 0.3) is 22.2 Å². The fourth-order valence-electron chi connectivity index (χ4n) is 2.68. The minimum Gasteiger partial charge on any atom is -0.354 e. The van der Waals surface area contributed by atoms with Crippen LogP contribution in [0.5, 0.6) is 0 Å². The van der Waals surface area contributed by atoms with Crippen LogP contribution in [0.15, 0.2) is 36.4 Å². The first kappa shape index (κ1) is 15.4. The van der Waals surface area contributed by atoms with Crippen molar-refractivity contribution in [1.82, 2.24) is 4.98 Å². The molecule has 0 bridgehead atoms. The van der Waals surface area contributed by atoms with E-state index in [1.807, 2.05) is 18.2 Å². The maximum atomic E-state index is 13.5. The normalized spacial score (nSPS) is 11.9. The summed E-state index contributed by atoms with van der Waals surface area (Å²) in [6, 6.07) is 9.50. The number of aromatic nitrogens is 1. The van der Waals surface area contributed by atoms with Crippen LogP contribution in [0, 0.1) is 11.6 Å². The Kier molecular flexibility index (Phi) is 3.55. The molecule has 2 nitrogen and oxygen atoms in total. The largest absolute Gasteiger partial charge is 0.354 e. The summed E-state index contributed by atoms with van der Waals surface area (Å²) in [6.45, 7) is 6.28. The lowest BCUT2D eigenvalue weighted by atomic mass is 9.86. The van der Waals surface area contributed by atoms with Crippen LogP contribution in [0.4, 0.5) is 8.78 Å². The first-order valence-electron chi connectivity index (χ1n) is 7.38. The van der Waals surface area contributed by atoms with Crippen LogP contribution in [0.3, 0.4) is 0 Å². The molecule has 1 aromatic heterocycles. The van der Waals surface area contributed by atoms with E-state index in [4.69, 9.17) is 0 Å². The lowest BCUT2D eigenvalue weighted by Crippen LogP contribution is -2.10. The second-order valence-corrected chi connectivity index (χ2v) is 6.67. The number of rotatable bonds is 2. The van der Waals surface area contributed by atoms with Gasteiger partial charge in [0.1, 0.15) is 0 Å². The van der Waals surface area contributed by atoms with Gasteiger partial charge in [0.25, 0.3) is 0 Å². The van der Waals surface area contributed by atoms with Crippen molar-refractivity contribution in [3.05, 3.63) is 59.2 Å². The van der Waals surface area contributed by atoms with Gasteiger partial charge in [-0.25, -0.2) is 8.78 Å². The molecular weight excluding hydrogens is 296 g/mol. The maximum absolute atomic E-state index is 13.5. The molecule has 23 heavy (non-hydrogen) atoms. The van der Waals surface area contributed by atoms with E-state index in [1.165, 1.54) is 6.07 Å². The van der Waals surface area contributed by atoms with E-state index in [9.17, 15) is 13.6 Å². The summed E-state index contributed by atoms with van der Waals surface area (Å²) >= 11 is 0. The monoisotopic (exact) mass is 313 g/mol. The zero-order valence-electron chi connectivity index (χ0n) is 13.2. The van der Waals surface area contributed by atoms with E-state index in [0.717, 1.165) is 34.9 Å². The van der Waals surface area contributed by atoms with Crippen LogP contribution in [-0.4, -0.2) is 11.3 Å². The number of carbonyl (C=O) groups excluding carboxylic acids is 1. The van der Waals surface area contributed by atoms with Crippen molar-refractivity contribution < 1.29 is 13.6 Å². The molecule has 0 saturated carbocycles. The summed E-state index contributed by atoms with van der Waals surface area (Å²) in [5.41, 5.74) is 3.24. The van der Waals surface area contributed by atoms with Crippen molar-refractivity contribution >= 4 is 17.2 Å². The summed E-state index contributed by atoms with van der Waals surface area (Å²) in [6.07, 6.45) is 0.752. The molecule has 3 rings (SSSR count). The molecule has 3 aromatic rings. The molecule has 0 aliphatic carbocycles. The molecule has 0 aliphatic heterocycles. The van der Waals surface area contributed by atoms with E-state index in [0.29, 0.717) is 16.8 Å². The standard InChI is InChI=1S/C19H17F2NO/c1-19(2,3)12-5-7-17-13(9-12)14(10-23)18(22-17)11-4-6-15(20)16(21)8-11/h4-10,22H,1-3H3. The fraction of sp³-hybridized carbons (Fsp3) is 0.211. The molecule has 1 N–H and O–H groups in total. The van der Waals surface area contributed by atoms with Gasteiger partial charge < -0.3 is 4.98 Å². The number of hydrogen-bond donors (Lipinski definition) is 1. The van der Waals surface area contributed by atoms with E-state index in [-0.39, 0.29) is 5.41 Å². The van der Waals surface area contributed by atoms with Crippen molar-refractivity contribution in [2.45, 2.75) is 26.2 Å². The topological polar surface area (TPSA) is 32.9 Å². The highest BCUT2D eigenvalue weighted by Crippen LogP contribution is 2.33.